The predicted octanol–water partition coefficient (Wildman–Crippen LogP) is 2.12. The third-order valence-electron chi connectivity index (χ3n) is 1.74. The van der Waals surface area contributed by atoms with Crippen LogP contribution in [0, 0.1) is 0 Å². The molecule has 0 radical (unpaired) electrons. The molecular formula is C9H15N3OS. The molecular weight excluding hydrogens is 198 g/mol. The summed E-state index contributed by atoms with van der Waals surface area (Å²) in [4.78, 5) is 8.13. The quantitative estimate of drug-likeness (QED) is 0.446. The molecule has 0 amide bonds. The van der Waals surface area contributed by atoms with Crippen LogP contribution >= 0.6 is 11.8 Å². The fourth-order valence-electron chi connectivity index (χ4n) is 0.972. The number of nitrogens with zero attached hydrogens (tertiary/aromatic N) is 2. The first-order valence-electron chi connectivity index (χ1n) is 4.61. The van der Waals surface area contributed by atoms with Gasteiger partial charge in [-0.1, -0.05) is 13.3 Å². The van der Waals surface area contributed by atoms with Crippen molar-refractivity contribution in [2.45, 2.75) is 24.8 Å². The van der Waals surface area contributed by atoms with Crippen LogP contribution in [0.1, 0.15) is 19.8 Å². The number of aromatic nitrogens is 2. The van der Waals surface area contributed by atoms with Gasteiger partial charge in [0.05, 0.1) is 6.20 Å². The summed E-state index contributed by atoms with van der Waals surface area (Å²) in [5, 5.41) is 13.0. The zero-order valence-electron chi connectivity index (χ0n) is 8.45. The van der Waals surface area contributed by atoms with Gasteiger partial charge in [-0.25, -0.2) is 9.97 Å². The van der Waals surface area contributed by atoms with Gasteiger partial charge in [0, 0.05) is 6.54 Å². The minimum Gasteiger partial charge on any atom is -0.504 e. The molecule has 0 aliphatic carbocycles. The highest BCUT2D eigenvalue weighted by Gasteiger charge is 2.03. The highest BCUT2D eigenvalue weighted by atomic mass is 32.2. The van der Waals surface area contributed by atoms with Gasteiger partial charge in [-0.05, 0) is 12.7 Å². The first-order chi connectivity index (χ1) is 6.77. The Morgan fingerprint density at radius 3 is 3.00 bits per heavy atom. The average molecular weight is 213 g/mol. The molecule has 0 aliphatic rings. The van der Waals surface area contributed by atoms with Crippen LogP contribution in [0.4, 0.5) is 5.95 Å². The minimum atomic E-state index is 0.138. The zero-order chi connectivity index (χ0) is 10.4. The molecule has 0 saturated heterocycles. The molecule has 0 aliphatic heterocycles. The standard InChI is InChI=1S/C9H15N3OS/c1-3-4-5-10-9-11-6-7(13)8(12-9)14-2/h6,13H,3-5H2,1-2H3,(H,10,11,12). The Morgan fingerprint density at radius 1 is 1.57 bits per heavy atom. The van der Waals surface area contributed by atoms with E-state index in [4.69, 9.17) is 0 Å². The molecule has 0 unspecified atom stereocenters. The third kappa shape index (κ3) is 3.06. The van der Waals surface area contributed by atoms with E-state index in [1.807, 2.05) is 6.26 Å². The van der Waals surface area contributed by atoms with E-state index in [2.05, 4.69) is 22.2 Å². The summed E-state index contributed by atoms with van der Waals surface area (Å²) in [5.41, 5.74) is 0. The van der Waals surface area contributed by atoms with Gasteiger partial charge in [0.25, 0.3) is 0 Å². The maximum absolute atomic E-state index is 9.33. The van der Waals surface area contributed by atoms with Crippen LogP contribution in [-0.2, 0) is 0 Å². The van der Waals surface area contributed by atoms with Crippen molar-refractivity contribution < 1.29 is 5.11 Å². The van der Waals surface area contributed by atoms with E-state index < -0.39 is 0 Å². The summed E-state index contributed by atoms with van der Waals surface area (Å²) >= 11 is 1.41. The Balaban J connectivity index is 2.60. The largest absolute Gasteiger partial charge is 0.504 e. The molecule has 78 valence electrons. The monoisotopic (exact) mass is 213 g/mol. The van der Waals surface area contributed by atoms with E-state index >= 15 is 0 Å². The van der Waals surface area contributed by atoms with Gasteiger partial charge in [-0.3, -0.25) is 0 Å². The molecule has 14 heavy (non-hydrogen) atoms. The van der Waals surface area contributed by atoms with Crippen molar-refractivity contribution in [3.63, 3.8) is 0 Å². The summed E-state index contributed by atoms with van der Waals surface area (Å²) in [6, 6.07) is 0. The number of unbranched alkanes of at least 4 members (excludes halogenated alkanes) is 1. The Labute approximate surface area is 88.2 Å². The third-order valence-corrected chi connectivity index (χ3v) is 2.43. The van der Waals surface area contributed by atoms with Crippen LogP contribution in [-0.4, -0.2) is 27.9 Å². The number of nitrogens with one attached hydrogen (secondary N) is 1. The lowest BCUT2D eigenvalue weighted by atomic mass is 10.3. The Morgan fingerprint density at radius 2 is 2.36 bits per heavy atom. The van der Waals surface area contributed by atoms with Crippen LogP contribution in [0.2, 0.25) is 0 Å². The Kier molecular flexibility index (Phi) is 4.52. The zero-order valence-corrected chi connectivity index (χ0v) is 9.27. The molecule has 0 atom stereocenters. The lowest BCUT2D eigenvalue weighted by molar-refractivity contribution is 0.453. The van der Waals surface area contributed by atoms with Gasteiger partial charge in [0.15, 0.2) is 5.75 Å². The van der Waals surface area contributed by atoms with Crippen molar-refractivity contribution in [2.75, 3.05) is 18.1 Å². The van der Waals surface area contributed by atoms with Gasteiger partial charge in [-0.2, -0.15) is 0 Å². The smallest absolute Gasteiger partial charge is 0.223 e. The van der Waals surface area contributed by atoms with E-state index in [0.717, 1.165) is 19.4 Å². The summed E-state index contributed by atoms with van der Waals surface area (Å²) in [5.74, 6) is 0.721. The highest BCUT2D eigenvalue weighted by Crippen LogP contribution is 2.23. The van der Waals surface area contributed by atoms with Crippen LogP contribution in [0.25, 0.3) is 0 Å². The van der Waals surface area contributed by atoms with Gasteiger partial charge < -0.3 is 10.4 Å². The number of rotatable bonds is 5. The topological polar surface area (TPSA) is 58.0 Å². The molecule has 2 N–H and O–H groups in total. The van der Waals surface area contributed by atoms with E-state index in [1.165, 1.54) is 18.0 Å². The molecule has 0 bridgehead atoms. The molecule has 5 heteroatoms. The normalized spacial score (nSPS) is 10.1. The van der Waals surface area contributed by atoms with Crippen molar-refractivity contribution >= 4 is 17.7 Å². The second-order valence-electron chi connectivity index (χ2n) is 2.87. The summed E-state index contributed by atoms with van der Waals surface area (Å²) < 4.78 is 0. The van der Waals surface area contributed by atoms with Crippen LogP contribution in [0.3, 0.4) is 0 Å². The molecule has 1 aromatic rings. The number of hydrogen-bond acceptors (Lipinski definition) is 5. The summed E-state index contributed by atoms with van der Waals surface area (Å²) in [6.45, 7) is 3.00. The van der Waals surface area contributed by atoms with E-state index in [0.29, 0.717) is 11.0 Å². The van der Waals surface area contributed by atoms with E-state index in [9.17, 15) is 5.11 Å². The second-order valence-corrected chi connectivity index (χ2v) is 3.66. The molecule has 1 heterocycles. The second kappa shape index (κ2) is 5.70. The SMILES string of the molecule is CCCCNc1ncc(O)c(SC)n1. The first kappa shape index (κ1) is 11.1. The Bertz CT molecular complexity index is 293. The number of aromatic hydroxyl groups is 1. The fraction of sp³-hybridized carbons (Fsp3) is 0.556. The lowest BCUT2D eigenvalue weighted by Crippen LogP contribution is -2.05. The molecule has 0 spiro atoms. The van der Waals surface area contributed by atoms with Crippen LogP contribution < -0.4 is 5.32 Å². The maximum atomic E-state index is 9.33. The molecule has 0 saturated carbocycles. The van der Waals surface area contributed by atoms with Crippen molar-refractivity contribution in [3.8, 4) is 5.75 Å². The number of thioether (sulfide) groups is 1. The molecule has 1 rings (SSSR count). The van der Waals surface area contributed by atoms with Crippen molar-refractivity contribution in [1.29, 1.82) is 0 Å². The van der Waals surface area contributed by atoms with E-state index in [-0.39, 0.29) is 5.75 Å². The van der Waals surface area contributed by atoms with Crippen molar-refractivity contribution in [2.24, 2.45) is 0 Å². The molecule has 1 aromatic heterocycles. The van der Waals surface area contributed by atoms with Gasteiger partial charge in [0.1, 0.15) is 5.03 Å². The van der Waals surface area contributed by atoms with Gasteiger partial charge in [-0.15, -0.1) is 11.8 Å². The van der Waals surface area contributed by atoms with Crippen molar-refractivity contribution in [3.05, 3.63) is 6.20 Å². The van der Waals surface area contributed by atoms with Crippen LogP contribution in [0.5, 0.6) is 5.75 Å². The number of anilines is 1. The molecule has 0 fully saturated rings. The van der Waals surface area contributed by atoms with Gasteiger partial charge in [0.2, 0.25) is 5.95 Å². The fourth-order valence-corrected chi connectivity index (χ4v) is 1.41. The summed E-state index contributed by atoms with van der Waals surface area (Å²) in [6.07, 6.45) is 5.53. The predicted molar refractivity (Wildman–Crippen MR) is 58.9 cm³/mol. The maximum Gasteiger partial charge on any atom is 0.223 e. The average Bonchev–Trinajstić information content (AvgIpc) is 2.21. The lowest BCUT2D eigenvalue weighted by Gasteiger charge is -2.05. The minimum absolute atomic E-state index is 0.138. The molecule has 4 nitrogen and oxygen atoms in total. The molecule has 0 aromatic carbocycles. The Hall–Kier alpha value is -0.970. The van der Waals surface area contributed by atoms with Crippen LogP contribution in [0.15, 0.2) is 11.2 Å². The first-order valence-corrected chi connectivity index (χ1v) is 5.84. The summed E-state index contributed by atoms with van der Waals surface area (Å²) in [7, 11) is 0. The van der Waals surface area contributed by atoms with Gasteiger partial charge >= 0.3 is 0 Å². The van der Waals surface area contributed by atoms with E-state index in [1.54, 1.807) is 0 Å². The number of hydrogen-bond donors (Lipinski definition) is 2. The highest BCUT2D eigenvalue weighted by molar-refractivity contribution is 7.98. The van der Waals surface area contributed by atoms with Crippen molar-refractivity contribution in [1.82, 2.24) is 9.97 Å².